The second kappa shape index (κ2) is 9.17. The molecule has 8 nitrogen and oxygen atoms in total. The highest BCUT2D eigenvalue weighted by Crippen LogP contribution is 2.41. The summed E-state index contributed by atoms with van der Waals surface area (Å²) >= 11 is 0. The molecule has 1 aromatic heterocycles. The number of aryl methyl sites for hydroxylation is 1. The van der Waals surface area contributed by atoms with E-state index in [1.807, 2.05) is 32.2 Å². The van der Waals surface area contributed by atoms with Crippen LogP contribution in [0.5, 0.6) is 11.5 Å². The van der Waals surface area contributed by atoms with Crippen LogP contribution < -0.4 is 25.4 Å². The highest BCUT2D eigenvalue weighted by Gasteiger charge is 2.18. The highest BCUT2D eigenvalue weighted by atomic mass is 16.5. The summed E-state index contributed by atoms with van der Waals surface area (Å²) in [7, 11) is 1.85. The SMILES string of the molecule is CNc1cc(C)nc(Nc2cc3c(c(OCCCN4CCCC4)c2)OCCN3)n1. The Bertz CT molecular complexity index is 838. The molecule has 0 radical (unpaired) electrons. The van der Waals surface area contributed by atoms with Gasteiger partial charge in [0.25, 0.3) is 0 Å². The van der Waals surface area contributed by atoms with Gasteiger partial charge in [0.15, 0.2) is 11.5 Å². The molecule has 0 aliphatic carbocycles. The first kappa shape index (κ1) is 19.6. The summed E-state index contributed by atoms with van der Waals surface area (Å²) in [5.74, 6) is 2.85. The summed E-state index contributed by atoms with van der Waals surface area (Å²) in [5, 5.41) is 9.75. The molecule has 2 aliphatic heterocycles. The third kappa shape index (κ3) is 5.00. The third-order valence-corrected chi connectivity index (χ3v) is 5.16. The van der Waals surface area contributed by atoms with Crippen LogP contribution in [0.2, 0.25) is 0 Å². The first-order valence-corrected chi connectivity index (χ1v) is 10.4. The molecule has 1 aromatic carbocycles. The predicted molar refractivity (Wildman–Crippen MR) is 116 cm³/mol. The lowest BCUT2D eigenvalue weighted by Crippen LogP contribution is -2.22. The van der Waals surface area contributed by atoms with Crippen molar-refractivity contribution in [3.05, 3.63) is 23.9 Å². The van der Waals surface area contributed by atoms with Gasteiger partial charge in [-0.25, -0.2) is 4.98 Å². The first-order valence-electron chi connectivity index (χ1n) is 10.4. The van der Waals surface area contributed by atoms with Gasteiger partial charge in [-0.15, -0.1) is 0 Å². The summed E-state index contributed by atoms with van der Waals surface area (Å²) < 4.78 is 12.0. The lowest BCUT2D eigenvalue weighted by atomic mass is 10.2. The number of rotatable bonds is 8. The molecule has 3 N–H and O–H groups in total. The van der Waals surface area contributed by atoms with E-state index in [1.165, 1.54) is 25.9 Å². The maximum absolute atomic E-state index is 6.13. The van der Waals surface area contributed by atoms with Crippen LogP contribution in [-0.2, 0) is 0 Å². The molecular weight excluding hydrogens is 368 g/mol. The maximum atomic E-state index is 6.13. The molecule has 0 saturated carbocycles. The van der Waals surface area contributed by atoms with Gasteiger partial charge in [-0.3, -0.25) is 0 Å². The van der Waals surface area contributed by atoms with E-state index in [4.69, 9.17) is 9.47 Å². The number of nitrogens with one attached hydrogen (secondary N) is 3. The minimum absolute atomic E-state index is 0.547. The van der Waals surface area contributed by atoms with Crippen LogP contribution in [0.15, 0.2) is 18.2 Å². The van der Waals surface area contributed by atoms with E-state index in [2.05, 4.69) is 30.8 Å². The number of hydrogen-bond acceptors (Lipinski definition) is 8. The molecule has 0 unspecified atom stereocenters. The molecule has 8 heteroatoms. The summed E-state index contributed by atoms with van der Waals surface area (Å²) in [6.45, 7) is 7.54. The van der Waals surface area contributed by atoms with Crippen molar-refractivity contribution in [2.75, 3.05) is 62.4 Å². The van der Waals surface area contributed by atoms with Crippen molar-refractivity contribution in [3.8, 4) is 11.5 Å². The van der Waals surface area contributed by atoms with Crippen LogP contribution >= 0.6 is 0 Å². The molecular formula is C21H30N6O2. The van der Waals surface area contributed by atoms with Gasteiger partial charge in [0.05, 0.1) is 12.3 Å². The predicted octanol–water partition coefficient (Wildman–Crippen LogP) is 3.24. The van der Waals surface area contributed by atoms with Crippen LogP contribution in [0.4, 0.5) is 23.1 Å². The zero-order valence-electron chi connectivity index (χ0n) is 17.3. The Morgan fingerprint density at radius 3 is 2.90 bits per heavy atom. The number of nitrogens with zero attached hydrogens (tertiary/aromatic N) is 3. The molecule has 0 bridgehead atoms. The number of aromatic nitrogens is 2. The summed E-state index contributed by atoms with van der Waals surface area (Å²) in [5.41, 5.74) is 2.69. The van der Waals surface area contributed by atoms with Gasteiger partial charge >= 0.3 is 0 Å². The summed E-state index contributed by atoms with van der Waals surface area (Å²) in [4.78, 5) is 11.5. The zero-order chi connectivity index (χ0) is 20.1. The van der Waals surface area contributed by atoms with Crippen LogP contribution in [0.25, 0.3) is 0 Å². The van der Waals surface area contributed by atoms with Gasteiger partial charge in [0, 0.05) is 43.7 Å². The van der Waals surface area contributed by atoms with Crippen LogP contribution in [-0.4, -0.2) is 61.3 Å². The van der Waals surface area contributed by atoms with Crippen molar-refractivity contribution >= 4 is 23.1 Å². The quantitative estimate of drug-likeness (QED) is 0.585. The minimum Gasteiger partial charge on any atom is -0.489 e. The summed E-state index contributed by atoms with van der Waals surface area (Å²) in [6, 6.07) is 5.88. The smallest absolute Gasteiger partial charge is 0.229 e. The molecule has 0 amide bonds. The molecule has 0 spiro atoms. The van der Waals surface area contributed by atoms with Gasteiger partial charge in [-0.05, 0) is 45.3 Å². The van der Waals surface area contributed by atoms with Crippen LogP contribution in [0.3, 0.4) is 0 Å². The second-order valence-corrected chi connectivity index (χ2v) is 7.47. The fraction of sp³-hybridized carbons (Fsp3) is 0.524. The largest absolute Gasteiger partial charge is 0.489 e. The monoisotopic (exact) mass is 398 g/mol. The Hall–Kier alpha value is -2.74. The number of likely N-dealkylation sites (tertiary alicyclic amines) is 1. The first-order chi connectivity index (χ1) is 14.2. The molecule has 4 rings (SSSR count). The Kier molecular flexibility index (Phi) is 6.19. The average molecular weight is 399 g/mol. The number of hydrogen-bond donors (Lipinski definition) is 3. The van der Waals surface area contributed by atoms with Gasteiger partial charge in [-0.1, -0.05) is 0 Å². The standard InChI is InChI=1S/C21H30N6O2/c1-15-12-19(22-2)26-21(24-15)25-16-13-17-20(29-11-6-23-17)18(14-16)28-10-5-9-27-7-3-4-8-27/h12-14,23H,3-11H2,1-2H3,(H2,22,24,25,26). The van der Waals surface area contributed by atoms with Crippen molar-refractivity contribution in [1.29, 1.82) is 0 Å². The number of benzene rings is 1. The molecule has 29 heavy (non-hydrogen) atoms. The van der Waals surface area contributed by atoms with E-state index in [0.29, 0.717) is 19.2 Å². The van der Waals surface area contributed by atoms with Crippen molar-refractivity contribution in [2.24, 2.45) is 0 Å². The van der Waals surface area contributed by atoms with Crippen molar-refractivity contribution in [3.63, 3.8) is 0 Å². The molecule has 0 atom stereocenters. The molecule has 2 aliphatic rings. The lowest BCUT2D eigenvalue weighted by molar-refractivity contribution is 0.245. The fourth-order valence-corrected chi connectivity index (χ4v) is 3.76. The molecule has 3 heterocycles. The molecule has 1 fully saturated rings. The topological polar surface area (TPSA) is 83.6 Å². The van der Waals surface area contributed by atoms with Gasteiger partial charge in [0.2, 0.25) is 5.95 Å². The Morgan fingerprint density at radius 2 is 2.07 bits per heavy atom. The van der Waals surface area contributed by atoms with E-state index in [0.717, 1.165) is 53.9 Å². The average Bonchev–Trinajstić information content (AvgIpc) is 3.24. The van der Waals surface area contributed by atoms with E-state index >= 15 is 0 Å². The maximum Gasteiger partial charge on any atom is 0.229 e. The van der Waals surface area contributed by atoms with Gasteiger partial charge in [0.1, 0.15) is 12.4 Å². The van der Waals surface area contributed by atoms with Crippen molar-refractivity contribution < 1.29 is 9.47 Å². The fourth-order valence-electron chi connectivity index (χ4n) is 3.76. The minimum atomic E-state index is 0.547. The highest BCUT2D eigenvalue weighted by molar-refractivity contribution is 5.73. The normalized spacial score (nSPS) is 15.9. The Balaban J connectivity index is 1.47. The number of fused-ring (bicyclic) bond motifs is 1. The molecule has 1 saturated heterocycles. The van der Waals surface area contributed by atoms with Crippen LogP contribution in [0.1, 0.15) is 25.0 Å². The van der Waals surface area contributed by atoms with Gasteiger partial charge in [-0.2, -0.15) is 4.98 Å². The number of ether oxygens (including phenoxy) is 2. The zero-order valence-corrected chi connectivity index (χ0v) is 17.3. The van der Waals surface area contributed by atoms with E-state index in [1.54, 1.807) is 0 Å². The van der Waals surface area contributed by atoms with Crippen molar-refractivity contribution in [2.45, 2.75) is 26.2 Å². The van der Waals surface area contributed by atoms with E-state index < -0.39 is 0 Å². The molecule has 2 aromatic rings. The number of anilines is 4. The van der Waals surface area contributed by atoms with Gasteiger partial charge < -0.3 is 30.3 Å². The Labute approximate surface area is 172 Å². The third-order valence-electron chi connectivity index (χ3n) is 5.16. The van der Waals surface area contributed by atoms with E-state index in [9.17, 15) is 0 Å². The molecule has 156 valence electrons. The second-order valence-electron chi connectivity index (χ2n) is 7.47. The Morgan fingerprint density at radius 1 is 1.21 bits per heavy atom. The van der Waals surface area contributed by atoms with Crippen LogP contribution in [0, 0.1) is 6.92 Å². The van der Waals surface area contributed by atoms with E-state index in [-0.39, 0.29) is 0 Å². The van der Waals surface area contributed by atoms with Crippen molar-refractivity contribution in [1.82, 2.24) is 14.9 Å². The summed E-state index contributed by atoms with van der Waals surface area (Å²) in [6.07, 6.45) is 3.64. The lowest BCUT2D eigenvalue weighted by Gasteiger charge is -2.23.